The molecule has 0 aliphatic carbocycles. The zero-order chi connectivity index (χ0) is 19.4. The van der Waals surface area contributed by atoms with Crippen LogP contribution in [0.5, 0.6) is 5.75 Å². The van der Waals surface area contributed by atoms with E-state index in [1.54, 1.807) is 24.3 Å². The predicted octanol–water partition coefficient (Wildman–Crippen LogP) is 2.39. The van der Waals surface area contributed by atoms with Gasteiger partial charge in [-0.3, -0.25) is 4.79 Å². The van der Waals surface area contributed by atoms with E-state index in [4.69, 9.17) is 0 Å². The van der Waals surface area contributed by atoms with Crippen LogP contribution in [0.2, 0.25) is 0 Å². The number of sulfonamides is 1. The Hall–Kier alpha value is -2.45. The summed E-state index contributed by atoms with van der Waals surface area (Å²) < 4.78 is 27.0. The van der Waals surface area contributed by atoms with E-state index in [0.29, 0.717) is 0 Å². The lowest BCUT2D eigenvalue weighted by Gasteiger charge is -2.19. The molecule has 1 aromatic heterocycles. The summed E-state index contributed by atoms with van der Waals surface area (Å²) >= 11 is 0. The molecule has 2 rings (SSSR count). The Morgan fingerprint density at radius 3 is 2.38 bits per heavy atom. The second-order valence-electron chi connectivity index (χ2n) is 6.84. The molecule has 8 heteroatoms. The molecule has 0 aliphatic heterocycles. The van der Waals surface area contributed by atoms with Crippen LogP contribution in [0.25, 0.3) is 0 Å². The molecular weight excluding hydrogens is 354 g/mol. The number of nitrogens with zero attached hydrogens (tertiary/aromatic N) is 1. The number of carbonyl (C=O) groups excluding carboxylic acids is 1. The Bertz CT molecular complexity index is 872. The number of benzene rings is 1. The molecule has 0 atom stereocenters. The van der Waals surface area contributed by atoms with Gasteiger partial charge in [0, 0.05) is 19.2 Å². The number of aromatic hydroxyl groups is 1. The van der Waals surface area contributed by atoms with Crippen molar-refractivity contribution in [3.05, 3.63) is 48.2 Å². The smallest absolute Gasteiger partial charge is 0.240 e. The van der Waals surface area contributed by atoms with Crippen molar-refractivity contribution in [1.82, 2.24) is 9.71 Å². The third-order valence-corrected chi connectivity index (χ3v) is 5.20. The Balaban J connectivity index is 1.92. The Morgan fingerprint density at radius 2 is 1.81 bits per heavy atom. The van der Waals surface area contributed by atoms with Crippen LogP contribution in [-0.2, 0) is 20.2 Å². The number of hydrogen-bond donors (Lipinski definition) is 3. The van der Waals surface area contributed by atoms with Gasteiger partial charge in [0.05, 0.1) is 4.90 Å². The van der Waals surface area contributed by atoms with E-state index in [1.807, 2.05) is 20.8 Å². The zero-order valence-electron chi connectivity index (χ0n) is 15.0. The Kier molecular flexibility index (Phi) is 5.99. The molecule has 3 N–H and O–H groups in total. The van der Waals surface area contributed by atoms with E-state index in [-0.39, 0.29) is 34.8 Å². The van der Waals surface area contributed by atoms with Crippen molar-refractivity contribution in [3.63, 3.8) is 0 Å². The number of amides is 1. The first-order chi connectivity index (χ1) is 12.1. The molecule has 0 saturated heterocycles. The average Bonchev–Trinajstić information content (AvgIpc) is 2.56. The van der Waals surface area contributed by atoms with Gasteiger partial charge in [0.2, 0.25) is 15.9 Å². The summed E-state index contributed by atoms with van der Waals surface area (Å²) in [6, 6.07) is 9.59. The number of aromatic nitrogens is 1. The molecule has 0 bridgehead atoms. The maximum absolute atomic E-state index is 12.3. The van der Waals surface area contributed by atoms with Gasteiger partial charge in [0.1, 0.15) is 0 Å². The van der Waals surface area contributed by atoms with Gasteiger partial charge in [-0.1, -0.05) is 32.9 Å². The van der Waals surface area contributed by atoms with Gasteiger partial charge in [-0.05, 0) is 35.2 Å². The van der Waals surface area contributed by atoms with Gasteiger partial charge in [0.15, 0.2) is 11.6 Å². The minimum Gasteiger partial charge on any atom is -0.504 e. The van der Waals surface area contributed by atoms with Crippen molar-refractivity contribution in [1.29, 1.82) is 0 Å². The minimum atomic E-state index is -3.69. The maximum Gasteiger partial charge on any atom is 0.240 e. The maximum atomic E-state index is 12.3. The molecule has 0 radical (unpaired) electrons. The molecule has 1 amide bonds. The lowest BCUT2D eigenvalue weighted by atomic mass is 9.87. The van der Waals surface area contributed by atoms with Crippen molar-refractivity contribution in [3.8, 4) is 5.75 Å². The highest BCUT2D eigenvalue weighted by molar-refractivity contribution is 7.89. The normalized spacial score (nSPS) is 12.0. The SMILES string of the molecule is CC(C)(C)c1ccc(S(=O)(=O)NCCC(=O)Nc2ncccc2O)cc1. The number of anilines is 1. The number of carbonyl (C=O) groups is 1. The second kappa shape index (κ2) is 7.84. The zero-order valence-corrected chi connectivity index (χ0v) is 15.8. The van der Waals surface area contributed by atoms with Crippen LogP contribution < -0.4 is 10.0 Å². The van der Waals surface area contributed by atoms with Crippen molar-refractivity contribution >= 4 is 21.7 Å². The first-order valence-corrected chi connectivity index (χ1v) is 9.62. The van der Waals surface area contributed by atoms with Crippen LogP contribution in [0.3, 0.4) is 0 Å². The first kappa shape index (κ1) is 19.9. The van der Waals surface area contributed by atoms with Gasteiger partial charge in [-0.25, -0.2) is 18.1 Å². The fourth-order valence-electron chi connectivity index (χ4n) is 2.20. The summed E-state index contributed by atoms with van der Waals surface area (Å²) in [4.78, 5) is 15.8. The molecule has 2 aromatic rings. The standard InChI is InChI=1S/C18H23N3O4S/c1-18(2,3)13-6-8-14(9-7-13)26(24,25)20-12-10-16(23)21-17-15(22)5-4-11-19-17/h4-9,11,20,22H,10,12H2,1-3H3,(H,19,21,23). The topological polar surface area (TPSA) is 108 Å². The van der Waals surface area contributed by atoms with Crippen molar-refractivity contribution < 1.29 is 18.3 Å². The molecular formula is C18H23N3O4S. The molecule has 1 aromatic carbocycles. The molecule has 0 aliphatic rings. The van der Waals surface area contributed by atoms with Crippen molar-refractivity contribution in [2.75, 3.05) is 11.9 Å². The summed E-state index contributed by atoms with van der Waals surface area (Å²) in [6.45, 7) is 6.08. The highest BCUT2D eigenvalue weighted by Crippen LogP contribution is 2.23. The van der Waals surface area contributed by atoms with E-state index in [0.717, 1.165) is 5.56 Å². The van der Waals surface area contributed by atoms with Crippen LogP contribution in [0.1, 0.15) is 32.8 Å². The van der Waals surface area contributed by atoms with Crippen LogP contribution in [0.4, 0.5) is 5.82 Å². The summed E-state index contributed by atoms with van der Waals surface area (Å²) in [5.41, 5.74) is 0.969. The second-order valence-corrected chi connectivity index (χ2v) is 8.61. The first-order valence-electron chi connectivity index (χ1n) is 8.13. The summed E-state index contributed by atoms with van der Waals surface area (Å²) in [7, 11) is -3.69. The summed E-state index contributed by atoms with van der Waals surface area (Å²) in [5, 5.41) is 12.0. The van der Waals surface area contributed by atoms with Crippen LogP contribution in [0, 0.1) is 0 Å². The molecule has 0 fully saturated rings. The van der Waals surface area contributed by atoms with Gasteiger partial charge >= 0.3 is 0 Å². The van der Waals surface area contributed by atoms with Crippen LogP contribution in [0.15, 0.2) is 47.5 Å². The lowest BCUT2D eigenvalue weighted by Crippen LogP contribution is -2.28. The largest absolute Gasteiger partial charge is 0.504 e. The average molecular weight is 377 g/mol. The van der Waals surface area contributed by atoms with E-state index >= 15 is 0 Å². The number of nitrogens with one attached hydrogen (secondary N) is 2. The third kappa shape index (κ3) is 5.27. The number of rotatable bonds is 6. The molecule has 1 heterocycles. The third-order valence-electron chi connectivity index (χ3n) is 3.72. The lowest BCUT2D eigenvalue weighted by molar-refractivity contribution is -0.116. The van der Waals surface area contributed by atoms with Crippen molar-refractivity contribution in [2.24, 2.45) is 0 Å². The Morgan fingerprint density at radius 1 is 1.15 bits per heavy atom. The van der Waals surface area contributed by atoms with Crippen molar-refractivity contribution in [2.45, 2.75) is 37.5 Å². The summed E-state index contributed by atoms with van der Waals surface area (Å²) in [6.07, 6.45) is 1.34. The Labute approximate surface area is 153 Å². The van der Waals surface area contributed by atoms with Crippen LogP contribution in [-0.4, -0.2) is 31.0 Å². The van der Waals surface area contributed by atoms with Crippen LogP contribution >= 0.6 is 0 Å². The van der Waals surface area contributed by atoms with Gasteiger partial charge in [0.25, 0.3) is 0 Å². The van der Waals surface area contributed by atoms with E-state index < -0.39 is 15.9 Å². The summed E-state index contributed by atoms with van der Waals surface area (Å²) in [5.74, 6) is -0.566. The minimum absolute atomic E-state index is 0.0399. The predicted molar refractivity (Wildman–Crippen MR) is 99.5 cm³/mol. The van der Waals surface area contributed by atoms with E-state index in [2.05, 4.69) is 15.0 Å². The van der Waals surface area contributed by atoms with Gasteiger partial charge in [-0.2, -0.15) is 0 Å². The number of pyridine rings is 1. The molecule has 140 valence electrons. The van der Waals surface area contributed by atoms with E-state index in [9.17, 15) is 18.3 Å². The molecule has 7 nitrogen and oxygen atoms in total. The molecule has 0 unspecified atom stereocenters. The molecule has 0 saturated carbocycles. The quantitative estimate of drug-likeness (QED) is 0.716. The van der Waals surface area contributed by atoms with E-state index in [1.165, 1.54) is 18.3 Å². The highest BCUT2D eigenvalue weighted by Gasteiger charge is 2.17. The molecule has 26 heavy (non-hydrogen) atoms. The fraction of sp³-hybridized carbons (Fsp3) is 0.333. The molecule has 0 spiro atoms. The number of hydrogen-bond acceptors (Lipinski definition) is 5. The fourth-order valence-corrected chi connectivity index (χ4v) is 3.24. The van der Waals surface area contributed by atoms with Gasteiger partial charge in [-0.15, -0.1) is 0 Å². The van der Waals surface area contributed by atoms with Gasteiger partial charge < -0.3 is 10.4 Å². The highest BCUT2D eigenvalue weighted by atomic mass is 32.2. The monoisotopic (exact) mass is 377 g/mol.